The molecule has 2 amide bonds. The third-order valence-corrected chi connectivity index (χ3v) is 8.08. The van der Waals surface area contributed by atoms with Crippen molar-refractivity contribution in [2.24, 2.45) is 0 Å². The van der Waals surface area contributed by atoms with Crippen molar-refractivity contribution in [3.8, 4) is 11.1 Å². The zero-order chi connectivity index (χ0) is 31.0. The van der Waals surface area contributed by atoms with Gasteiger partial charge in [0.05, 0.1) is 0 Å². The summed E-state index contributed by atoms with van der Waals surface area (Å²) in [5.74, 6) is 0.330. The van der Waals surface area contributed by atoms with Crippen LogP contribution in [0.2, 0.25) is 0 Å². The minimum Gasteiger partial charge on any atom is -0.336 e. The highest BCUT2D eigenvalue weighted by Gasteiger charge is 2.34. The Labute approximate surface area is 263 Å². The molecule has 0 spiro atoms. The quantitative estimate of drug-likeness (QED) is 0.210. The summed E-state index contributed by atoms with van der Waals surface area (Å²) in [6, 6.07) is 25.4. The van der Waals surface area contributed by atoms with E-state index < -0.39 is 6.04 Å². The van der Waals surface area contributed by atoms with Crippen LogP contribution in [0.4, 0.5) is 0 Å². The Morgan fingerprint density at radius 2 is 1.51 bits per heavy atom. The molecule has 0 radical (unpaired) electrons. The van der Waals surface area contributed by atoms with Crippen molar-refractivity contribution in [3.05, 3.63) is 150 Å². The van der Waals surface area contributed by atoms with Gasteiger partial charge in [-0.05, 0) is 47.2 Å². The number of aryl methyl sites for hydroxylation is 1. The summed E-state index contributed by atoms with van der Waals surface area (Å²) in [6.45, 7) is 3.20. The number of nitrogens with zero attached hydrogens (tertiary/aromatic N) is 6. The van der Waals surface area contributed by atoms with Crippen LogP contribution in [0.15, 0.2) is 116 Å². The van der Waals surface area contributed by atoms with Crippen LogP contribution in [0.25, 0.3) is 17.2 Å². The third kappa shape index (κ3) is 7.36. The number of aromatic nitrogens is 4. The molecule has 3 aromatic carbocycles. The van der Waals surface area contributed by atoms with Crippen LogP contribution < -0.4 is 0 Å². The number of carbonyl (C=O) groups excluding carboxylic acids is 2. The molecule has 224 valence electrons. The topological polar surface area (TPSA) is 92.2 Å². The Bertz CT molecular complexity index is 1770. The van der Waals surface area contributed by atoms with Crippen LogP contribution in [0.1, 0.15) is 33.6 Å². The lowest BCUT2D eigenvalue weighted by Gasteiger charge is -2.37. The lowest BCUT2D eigenvalue weighted by Crippen LogP contribution is -2.52. The standard InChI is InChI=1S/C37H34N6O2/c1-27-40-20-30(21-41-27)13-16-36(44)43(24-29-11-14-32(15-12-29)34-22-38-26-39-23-34)35(19-28-7-3-2-4-8-28)37(45)42-18-17-31-9-5-6-10-33(31)25-42/h2-16,20-23,26,35H,17-19,24-25H2,1H3/b16-13+/t35-/m0/s1. The van der Waals surface area contributed by atoms with E-state index in [4.69, 9.17) is 0 Å². The van der Waals surface area contributed by atoms with E-state index in [0.29, 0.717) is 30.9 Å². The van der Waals surface area contributed by atoms with Gasteiger partial charge in [-0.2, -0.15) is 0 Å². The number of hydrogen-bond acceptors (Lipinski definition) is 6. The van der Waals surface area contributed by atoms with Gasteiger partial charge in [-0.25, -0.2) is 19.9 Å². The predicted molar refractivity (Wildman–Crippen MR) is 173 cm³/mol. The van der Waals surface area contributed by atoms with Crippen LogP contribution in [-0.4, -0.2) is 54.1 Å². The summed E-state index contributed by atoms with van der Waals surface area (Å²) >= 11 is 0. The van der Waals surface area contributed by atoms with E-state index in [1.807, 2.05) is 78.6 Å². The second-order valence-electron chi connectivity index (χ2n) is 11.2. The molecule has 0 saturated carbocycles. The van der Waals surface area contributed by atoms with Crippen molar-refractivity contribution in [2.45, 2.75) is 38.9 Å². The summed E-state index contributed by atoms with van der Waals surface area (Å²) in [5.41, 5.74) is 6.90. The number of amides is 2. The molecule has 8 heteroatoms. The van der Waals surface area contributed by atoms with Gasteiger partial charge in [-0.3, -0.25) is 9.59 Å². The first-order chi connectivity index (χ1) is 22.0. The average Bonchev–Trinajstić information content (AvgIpc) is 3.10. The van der Waals surface area contributed by atoms with Crippen LogP contribution >= 0.6 is 0 Å². The highest BCUT2D eigenvalue weighted by atomic mass is 16.2. The van der Waals surface area contributed by atoms with Crippen LogP contribution in [-0.2, 0) is 35.5 Å². The fourth-order valence-electron chi connectivity index (χ4n) is 5.60. The van der Waals surface area contributed by atoms with Gasteiger partial charge in [-0.1, -0.05) is 78.9 Å². The molecule has 0 fully saturated rings. The smallest absolute Gasteiger partial charge is 0.247 e. The van der Waals surface area contributed by atoms with Crippen molar-refractivity contribution in [2.75, 3.05) is 6.54 Å². The third-order valence-electron chi connectivity index (χ3n) is 8.08. The summed E-state index contributed by atoms with van der Waals surface area (Å²) in [5, 5.41) is 0. The fraction of sp³-hybridized carbons (Fsp3) is 0.189. The number of rotatable bonds is 9. The first-order valence-corrected chi connectivity index (χ1v) is 15.0. The molecule has 3 heterocycles. The van der Waals surface area contributed by atoms with Gasteiger partial charge in [0, 0.05) is 68.0 Å². The second kappa shape index (κ2) is 13.9. The van der Waals surface area contributed by atoms with E-state index in [0.717, 1.165) is 34.2 Å². The van der Waals surface area contributed by atoms with Gasteiger partial charge in [0.1, 0.15) is 18.2 Å². The average molecular weight is 595 g/mol. The van der Waals surface area contributed by atoms with Gasteiger partial charge < -0.3 is 9.80 Å². The maximum Gasteiger partial charge on any atom is 0.247 e. The van der Waals surface area contributed by atoms with Crippen LogP contribution in [0, 0.1) is 6.92 Å². The van der Waals surface area contributed by atoms with Crippen molar-refractivity contribution in [3.63, 3.8) is 0 Å². The molecule has 5 aromatic rings. The van der Waals surface area contributed by atoms with Gasteiger partial charge >= 0.3 is 0 Å². The Morgan fingerprint density at radius 3 is 2.24 bits per heavy atom. The maximum absolute atomic E-state index is 14.5. The number of carbonyl (C=O) groups is 2. The van der Waals surface area contributed by atoms with E-state index >= 15 is 0 Å². The fourth-order valence-corrected chi connectivity index (χ4v) is 5.60. The first-order valence-electron chi connectivity index (χ1n) is 15.0. The van der Waals surface area contributed by atoms with E-state index in [9.17, 15) is 9.59 Å². The van der Waals surface area contributed by atoms with E-state index in [1.165, 1.54) is 18.0 Å². The van der Waals surface area contributed by atoms with Gasteiger partial charge in [0.2, 0.25) is 11.8 Å². The monoisotopic (exact) mass is 594 g/mol. The maximum atomic E-state index is 14.5. The molecule has 0 saturated heterocycles. The van der Waals surface area contributed by atoms with Crippen molar-refractivity contribution in [1.82, 2.24) is 29.7 Å². The molecule has 1 aliphatic heterocycles. The SMILES string of the molecule is Cc1ncc(/C=C/C(=O)N(Cc2ccc(-c3cncnc3)cc2)[C@@H](Cc2ccccc2)C(=O)N2CCc3ccccc3C2)cn1. The summed E-state index contributed by atoms with van der Waals surface area (Å²) < 4.78 is 0. The molecule has 0 unspecified atom stereocenters. The lowest BCUT2D eigenvalue weighted by molar-refractivity contribution is -0.144. The van der Waals surface area contributed by atoms with Crippen molar-refractivity contribution < 1.29 is 9.59 Å². The highest BCUT2D eigenvalue weighted by molar-refractivity contribution is 5.95. The minimum absolute atomic E-state index is 0.0631. The Morgan fingerprint density at radius 1 is 0.822 bits per heavy atom. The van der Waals surface area contributed by atoms with Gasteiger partial charge in [0.25, 0.3) is 0 Å². The molecule has 1 atom stereocenters. The summed E-state index contributed by atoms with van der Waals surface area (Å²) in [7, 11) is 0. The van der Waals surface area contributed by atoms with Crippen molar-refractivity contribution >= 4 is 17.9 Å². The molecule has 0 aliphatic carbocycles. The molecule has 45 heavy (non-hydrogen) atoms. The first kappa shape index (κ1) is 29.6. The molecule has 0 N–H and O–H groups in total. The Balaban J connectivity index is 1.34. The lowest BCUT2D eigenvalue weighted by atomic mass is 9.97. The molecule has 1 aliphatic rings. The molecule has 6 rings (SSSR count). The summed E-state index contributed by atoms with van der Waals surface area (Å²) in [4.78, 5) is 48.9. The molecule has 0 bridgehead atoms. The van der Waals surface area contributed by atoms with Gasteiger partial charge in [0.15, 0.2) is 0 Å². The Kier molecular flexibility index (Phi) is 9.11. The molecular formula is C37H34N6O2. The van der Waals surface area contributed by atoms with Crippen LogP contribution in [0.3, 0.4) is 0 Å². The number of hydrogen-bond donors (Lipinski definition) is 0. The minimum atomic E-state index is -0.716. The van der Waals surface area contributed by atoms with Crippen molar-refractivity contribution in [1.29, 1.82) is 0 Å². The molecular weight excluding hydrogens is 560 g/mol. The van der Waals surface area contributed by atoms with Gasteiger partial charge in [-0.15, -0.1) is 0 Å². The Hall–Kier alpha value is -5.50. The molecule has 8 nitrogen and oxygen atoms in total. The second-order valence-corrected chi connectivity index (χ2v) is 11.2. The van der Waals surface area contributed by atoms with Crippen LogP contribution in [0.5, 0.6) is 0 Å². The largest absolute Gasteiger partial charge is 0.336 e. The highest BCUT2D eigenvalue weighted by Crippen LogP contribution is 2.24. The normalized spacial score (nSPS) is 13.3. The summed E-state index contributed by atoms with van der Waals surface area (Å²) in [6.07, 6.45) is 12.8. The predicted octanol–water partition coefficient (Wildman–Crippen LogP) is 5.48. The zero-order valence-electron chi connectivity index (χ0n) is 25.2. The van der Waals surface area contributed by atoms with E-state index in [2.05, 4.69) is 32.1 Å². The number of benzene rings is 3. The van der Waals surface area contributed by atoms with E-state index in [-0.39, 0.29) is 18.4 Å². The van der Waals surface area contributed by atoms with E-state index in [1.54, 1.807) is 35.8 Å². The number of fused-ring (bicyclic) bond motifs is 1. The molecule has 2 aromatic heterocycles. The zero-order valence-corrected chi connectivity index (χ0v) is 25.2.